The highest BCUT2D eigenvalue weighted by molar-refractivity contribution is 6.47. The van der Waals surface area contributed by atoms with Crippen molar-refractivity contribution < 1.29 is 9.31 Å². The van der Waals surface area contributed by atoms with E-state index in [0.29, 0.717) is 17.3 Å². The third-order valence-corrected chi connectivity index (χ3v) is 5.92. The van der Waals surface area contributed by atoms with Crippen molar-refractivity contribution in [1.82, 2.24) is 0 Å². The third kappa shape index (κ3) is 1.98. The lowest BCUT2D eigenvalue weighted by Gasteiger charge is -2.63. The van der Waals surface area contributed by atoms with Crippen molar-refractivity contribution in [3.05, 3.63) is 0 Å². The van der Waals surface area contributed by atoms with Crippen molar-refractivity contribution in [3.63, 3.8) is 0 Å². The van der Waals surface area contributed by atoms with Crippen LogP contribution in [0.4, 0.5) is 0 Å². The van der Waals surface area contributed by atoms with Crippen LogP contribution in [0.5, 0.6) is 0 Å². The zero-order chi connectivity index (χ0) is 14.0. The molecule has 1 unspecified atom stereocenters. The fourth-order valence-electron chi connectivity index (χ4n) is 4.58. The quantitative estimate of drug-likeness (QED) is 0.798. The van der Waals surface area contributed by atoms with Crippen molar-refractivity contribution in [2.45, 2.75) is 71.5 Å². The van der Waals surface area contributed by atoms with E-state index in [1.165, 1.54) is 6.42 Å². The summed E-state index contributed by atoms with van der Waals surface area (Å²) >= 11 is 0. The molecule has 0 amide bonds. The van der Waals surface area contributed by atoms with Crippen LogP contribution >= 0.6 is 0 Å². The molecule has 0 aromatic rings. The fraction of sp³-hybridized carbons (Fsp3) is 1.00. The molecule has 19 heavy (non-hydrogen) atoms. The first-order valence-electron chi connectivity index (χ1n) is 7.83. The molecule has 3 saturated carbocycles. The second kappa shape index (κ2) is 4.22. The molecule has 0 aromatic heterocycles. The van der Waals surface area contributed by atoms with Crippen LogP contribution in [0.25, 0.3) is 0 Å². The first kappa shape index (κ1) is 13.9. The smallest absolute Gasteiger partial charge is 0.404 e. The van der Waals surface area contributed by atoms with Gasteiger partial charge in [0.15, 0.2) is 0 Å². The lowest BCUT2D eigenvalue weighted by molar-refractivity contribution is -0.185. The summed E-state index contributed by atoms with van der Waals surface area (Å²) in [6.45, 7) is 11.4. The maximum Gasteiger partial charge on any atom is 0.475 e. The molecule has 0 radical (unpaired) electrons. The highest BCUT2D eigenvalue weighted by Crippen LogP contribution is 2.64. The average molecular weight is 265 g/mol. The Morgan fingerprint density at radius 1 is 1.32 bits per heavy atom. The molecule has 2 N–H and O–H groups in total. The van der Waals surface area contributed by atoms with Crippen LogP contribution in [0.15, 0.2) is 0 Å². The summed E-state index contributed by atoms with van der Waals surface area (Å²) in [6, 6.07) is 0. The van der Waals surface area contributed by atoms with Crippen LogP contribution in [-0.4, -0.2) is 24.8 Å². The molecule has 1 aliphatic heterocycles. The Labute approximate surface area is 117 Å². The molecule has 0 aromatic carbocycles. The van der Waals surface area contributed by atoms with Crippen molar-refractivity contribution in [3.8, 4) is 0 Å². The van der Waals surface area contributed by atoms with E-state index in [1.54, 1.807) is 0 Å². The van der Waals surface area contributed by atoms with Crippen LogP contribution < -0.4 is 5.73 Å². The van der Waals surface area contributed by atoms with Gasteiger partial charge in [-0.3, -0.25) is 0 Å². The van der Waals surface area contributed by atoms with Crippen LogP contribution in [0.1, 0.15) is 53.9 Å². The lowest BCUT2D eigenvalue weighted by Crippen LogP contribution is -2.63. The molecule has 108 valence electrons. The van der Waals surface area contributed by atoms with E-state index in [1.807, 2.05) is 0 Å². The van der Waals surface area contributed by atoms with Gasteiger partial charge in [-0.25, -0.2) is 0 Å². The zero-order valence-electron chi connectivity index (χ0n) is 13.0. The maximum absolute atomic E-state index is 6.27. The second-order valence-corrected chi connectivity index (χ2v) is 8.21. The molecular formula is C15H28BNO2. The van der Waals surface area contributed by atoms with Crippen LogP contribution in [0, 0.1) is 23.2 Å². The minimum absolute atomic E-state index is 0.00253. The molecule has 5 atom stereocenters. The Morgan fingerprint density at radius 3 is 2.58 bits per heavy atom. The van der Waals surface area contributed by atoms with Crippen LogP contribution in [0.2, 0.25) is 0 Å². The third-order valence-electron chi connectivity index (χ3n) is 5.92. The molecule has 4 fully saturated rings. The summed E-state index contributed by atoms with van der Waals surface area (Å²) in [6.07, 6.45) is 3.65. The predicted molar refractivity (Wildman–Crippen MR) is 77.5 cm³/mol. The average Bonchev–Trinajstić information content (AvgIpc) is 2.64. The first-order chi connectivity index (χ1) is 8.74. The topological polar surface area (TPSA) is 44.5 Å². The number of hydrogen-bond donors (Lipinski definition) is 1. The minimum atomic E-state index is -0.201. The van der Waals surface area contributed by atoms with Crippen molar-refractivity contribution in [2.24, 2.45) is 28.9 Å². The van der Waals surface area contributed by atoms with Crippen molar-refractivity contribution in [1.29, 1.82) is 0 Å². The Kier molecular flexibility index (Phi) is 3.09. The van der Waals surface area contributed by atoms with E-state index in [9.17, 15) is 0 Å². The Balaban J connectivity index is 1.73. The fourth-order valence-corrected chi connectivity index (χ4v) is 4.58. The summed E-state index contributed by atoms with van der Waals surface area (Å²) in [4.78, 5) is 0. The monoisotopic (exact) mass is 265 g/mol. The molecule has 0 spiro atoms. The number of hydrogen-bond acceptors (Lipinski definition) is 3. The Bertz CT molecular complexity index is 373. The van der Waals surface area contributed by atoms with E-state index in [4.69, 9.17) is 15.0 Å². The molecule has 3 nitrogen and oxygen atoms in total. The summed E-state index contributed by atoms with van der Waals surface area (Å²) in [5, 5.41) is 0. The van der Waals surface area contributed by atoms with Crippen molar-refractivity contribution >= 4 is 7.12 Å². The van der Waals surface area contributed by atoms with E-state index in [0.717, 1.165) is 18.8 Å². The van der Waals surface area contributed by atoms with Crippen molar-refractivity contribution in [2.75, 3.05) is 0 Å². The van der Waals surface area contributed by atoms with Gasteiger partial charge in [0, 0.05) is 5.94 Å². The molecule has 3 aliphatic carbocycles. The highest BCUT2D eigenvalue weighted by Gasteiger charge is 2.67. The summed E-state index contributed by atoms with van der Waals surface area (Å²) in [5.41, 5.74) is 6.60. The Hall–Kier alpha value is -0.0551. The Morgan fingerprint density at radius 2 is 2.00 bits per heavy atom. The van der Waals surface area contributed by atoms with E-state index < -0.39 is 0 Å². The van der Waals surface area contributed by atoms with Gasteiger partial charge in [-0.05, 0) is 49.4 Å². The van der Waals surface area contributed by atoms with Crippen LogP contribution in [-0.2, 0) is 9.31 Å². The summed E-state index contributed by atoms with van der Waals surface area (Å²) < 4.78 is 12.5. The van der Waals surface area contributed by atoms with Gasteiger partial charge in [0.1, 0.15) is 0 Å². The van der Waals surface area contributed by atoms with E-state index >= 15 is 0 Å². The number of rotatable bonds is 3. The van der Waals surface area contributed by atoms with Gasteiger partial charge >= 0.3 is 7.12 Å². The molecule has 4 heteroatoms. The predicted octanol–water partition coefficient (Wildman–Crippen LogP) is 2.63. The van der Waals surface area contributed by atoms with Gasteiger partial charge in [0.25, 0.3) is 0 Å². The second-order valence-electron chi connectivity index (χ2n) is 8.21. The van der Waals surface area contributed by atoms with Gasteiger partial charge in [-0.2, -0.15) is 0 Å². The van der Waals surface area contributed by atoms with Gasteiger partial charge in [-0.1, -0.05) is 27.7 Å². The molecule has 2 bridgehead atoms. The maximum atomic E-state index is 6.27. The lowest BCUT2D eigenvalue weighted by atomic mass is 9.45. The van der Waals surface area contributed by atoms with Gasteiger partial charge in [0.2, 0.25) is 0 Å². The van der Waals surface area contributed by atoms with E-state index in [-0.39, 0.29) is 24.8 Å². The molecule has 1 heterocycles. The largest absolute Gasteiger partial charge is 0.475 e. The van der Waals surface area contributed by atoms with E-state index in [2.05, 4.69) is 34.6 Å². The van der Waals surface area contributed by atoms with Gasteiger partial charge < -0.3 is 15.0 Å². The van der Waals surface area contributed by atoms with Crippen LogP contribution in [0.3, 0.4) is 0 Å². The molecule has 1 saturated heterocycles. The SMILES string of the molecule is CC(C)C[C@H](N)B1O[C@@H]2[C@@H]3CC(C[C@]2(C)O1)C3(C)C. The van der Waals surface area contributed by atoms with Gasteiger partial charge in [0.05, 0.1) is 11.7 Å². The highest BCUT2D eigenvalue weighted by atomic mass is 16.7. The molecular weight excluding hydrogens is 237 g/mol. The molecule has 4 aliphatic rings. The normalized spacial score (nSPS) is 45.0. The van der Waals surface area contributed by atoms with Gasteiger partial charge in [-0.15, -0.1) is 0 Å². The molecule has 4 rings (SSSR count). The first-order valence-corrected chi connectivity index (χ1v) is 7.83. The summed E-state index contributed by atoms with van der Waals surface area (Å²) in [5.74, 6) is 2.03. The standard InChI is InChI=1S/C15H28BNO2/c1-9(2)6-12(17)16-18-13-11-7-10(14(11,3)4)8-15(13,5)19-16/h9-13H,6-8,17H2,1-5H3/t10?,11-,12-,13+,15-/m0/s1. The number of nitrogens with two attached hydrogens (primary N) is 1. The minimum Gasteiger partial charge on any atom is -0.404 e. The summed E-state index contributed by atoms with van der Waals surface area (Å²) in [7, 11) is -0.201. The zero-order valence-corrected chi connectivity index (χ0v) is 13.0.